The number of carbonyl (C=O) groups is 1. The van der Waals surface area contributed by atoms with E-state index in [0.717, 1.165) is 0 Å². The molecule has 10 heavy (non-hydrogen) atoms. The van der Waals surface area contributed by atoms with Gasteiger partial charge in [0.15, 0.2) is 5.78 Å². The Labute approximate surface area is 62.4 Å². The molecular weight excluding hydrogens is 124 g/mol. The van der Waals surface area contributed by atoms with Gasteiger partial charge < -0.3 is 0 Å². The number of allylic oxidation sites excluding steroid dienone is 3. The standard InChI is InChI=1S/C9H14O/c1-5-6-7-8(10)9(2,3)4/h5-7H,1H2,2-4H3/b7-6+. The minimum absolute atomic E-state index is 0.132. The summed E-state index contributed by atoms with van der Waals surface area (Å²) < 4.78 is 0. The van der Waals surface area contributed by atoms with Crippen LogP contribution in [-0.4, -0.2) is 5.78 Å². The molecule has 0 aliphatic heterocycles. The van der Waals surface area contributed by atoms with E-state index in [1.54, 1.807) is 18.2 Å². The van der Waals surface area contributed by atoms with Crippen molar-refractivity contribution in [3.05, 3.63) is 24.8 Å². The maximum atomic E-state index is 11.1. The summed E-state index contributed by atoms with van der Waals surface area (Å²) in [7, 11) is 0. The van der Waals surface area contributed by atoms with Crippen molar-refractivity contribution in [2.45, 2.75) is 20.8 Å². The summed E-state index contributed by atoms with van der Waals surface area (Å²) in [6.45, 7) is 9.15. The zero-order valence-electron chi connectivity index (χ0n) is 6.85. The third kappa shape index (κ3) is 3.23. The monoisotopic (exact) mass is 138 g/mol. The zero-order valence-corrected chi connectivity index (χ0v) is 6.85. The number of rotatable bonds is 2. The summed E-state index contributed by atoms with van der Waals surface area (Å²) in [5.74, 6) is 0.132. The molecule has 0 amide bonds. The highest BCUT2D eigenvalue weighted by atomic mass is 16.1. The molecule has 0 radical (unpaired) electrons. The highest BCUT2D eigenvalue weighted by Gasteiger charge is 2.17. The quantitative estimate of drug-likeness (QED) is 0.423. The zero-order chi connectivity index (χ0) is 8.20. The molecule has 1 nitrogen and oxygen atoms in total. The lowest BCUT2D eigenvalue weighted by Crippen LogP contribution is -2.17. The lowest BCUT2D eigenvalue weighted by Gasteiger charge is -2.12. The molecule has 0 aromatic rings. The van der Waals surface area contributed by atoms with E-state index in [0.29, 0.717) is 0 Å². The van der Waals surface area contributed by atoms with E-state index in [1.807, 2.05) is 20.8 Å². The van der Waals surface area contributed by atoms with Gasteiger partial charge in [0.25, 0.3) is 0 Å². The van der Waals surface area contributed by atoms with Crippen molar-refractivity contribution in [1.29, 1.82) is 0 Å². The van der Waals surface area contributed by atoms with Crippen molar-refractivity contribution in [1.82, 2.24) is 0 Å². The Bertz CT molecular complexity index is 158. The van der Waals surface area contributed by atoms with Crippen LogP contribution in [0.4, 0.5) is 0 Å². The number of hydrogen-bond acceptors (Lipinski definition) is 1. The number of carbonyl (C=O) groups excluding carboxylic acids is 1. The van der Waals surface area contributed by atoms with Gasteiger partial charge in [-0.1, -0.05) is 39.5 Å². The molecule has 0 saturated heterocycles. The Balaban J connectivity index is 4.11. The van der Waals surface area contributed by atoms with Crippen LogP contribution in [0.2, 0.25) is 0 Å². The van der Waals surface area contributed by atoms with E-state index in [-0.39, 0.29) is 11.2 Å². The molecule has 0 N–H and O–H groups in total. The molecule has 0 fully saturated rings. The second-order valence-corrected chi connectivity index (χ2v) is 3.21. The molecule has 0 heterocycles. The highest BCUT2D eigenvalue weighted by molar-refractivity contribution is 5.94. The normalized spacial score (nSPS) is 11.9. The van der Waals surface area contributed by atoms with Crippen LogP contribution in [0, 0.1) is 5.41 Å². The molecule has 0 spiro atoms. The molecule has 0 aromatic heterocycles. The minimum Gasteiger partial charge on any atom is -0.294 e. The van der Waals surface area contributed by atoms with Crippen LogP contribution in [0.1, 0.15) is 20.8 Å². The van der Waals surface area contributed by atoms with Gasteiger partial charge in [-0.3, -0.25) is 4.79 Å². The molecule has 0 aromatic carbocycles. The SMILES string of the molecule is C=C/C=C/C(=O)C(C)(C)C. The van der Waals surface area contributed by atoms with Crippen LogP contribution in [0.3, 0.4) is 0 Å². The van der Waals surface area contributed by atoms with E-state index < -0.39 is 0 Å². The molecule has 0 aliphatic carbocycles. The van der Waals surface area contributed by atoms with Crippen LogP contribution >= 0.6 is 0 Å². The summed E-state index contributed by atoms with van der Waals surface area (Å²) in [6, 6.07) is 0. The Morgan fingerprint density at radius 2 is 1.90 bits per heavy atom. The molecule has 0 unspecified atom stereocenters. The molecule has 0 atom stereocenters. The molecule has 1 heteroatoms. The molecule has 0 aliphatic rings. The van der Waals surface area contributed by atoms with Gasteiger partial charge in [-0.25, -0.2) is 0 Å². The van der Waals surface area contributed by atoms with Crippen molar-refractivity contribution in [2.75, 3.05) is 0 Å². The third-order valence-electron chi connectivity index (χ3n) is 1.12. The first kappa shape index (κ1) is 9.15. The van der Waals surface area contributed by atoms with Gasteiger partial charge in [0, 0.05) is 5.41 Å². The lowest BCUT2D eigenvalue weighted by molar-refractivity contribution is -0.121. The number of ketones is 1. The van der Waals surface area contributed by atoms with Crippen LogP contribution in [0.15, 0.2) is 24.8 Å². The smallest absolute Gasteiger partial charge is 0.160 e. The first-order chi connectivity index (χ1) is 4.48. The molecular formula is C9H14O. The van der Waals surface area contributed by atoms with Gasteiger partial charge >= 0.3 is 0 Å². The van der Waals surface area contributed by atoms with Gasteiger partial charge in [-0.05, 0) is 6.08 Å². The largest absolute Gasteiger partial charge is 0.294 e. The summed E-state index contributed by atoms with van der Waals surface area (Å²) in [5.41, 5.74) is -0.264. The first-order valence-electron chi connectivity index (χ1n) is 3.32. The van der Waals surface area contributed by atoms with Gasteiger partial charge in [0.05, 0.1) is 0 Å². The first-order valence-corrected chi connectivity index (χ1v) is 3.32. The topological polar surface area (TPSA) is 17.1 Å². The fourth-order valence-corrected chi connectivity index (χ4v) is 0.405. The fourth-order valence-electron chi connectivity index (χ4n) is 0.405. The maximum Gasteiger partial charge on any atom is 0.160 e. The Hall–Kier alpha value is -0.850. The third-order valence-corrected chi connectivity index (χ3v) is 1.12. The fraction of sp³-hybridized carbons (Fsp3) is 0.444. The average Bonchev–Trinajstić information content (AvgIpc) is 1.80. The number of hydrogen-bond donors (Lipinski definition) is 0. The molecule has 0 saturated carbocycles. The van der Waals surface area contributed by atoms with Crippen LogP contribution in [0.25, 0.3) is 0 Å². The second kappa shape index (κ2) is 3.35. The molecule has 0 bridgehead atoms. The van der Waals surface area contributed by atoms with Gasteiger partial charge in [0.1, 0.15) is 0 Å². The predicted molar refractivity (Wildman–Crippen MR) is 43.8 cm³/mol. The van der Waals surface area contributed by atoms with E-state index in [1.165, 1.54) is 0 Å². The Morgan fingerprint density at radius 3 is 2.20 bits per heavy atom. The maximum absolute atomic E-state index is 11.1. The lowest BCUT2D eigenvalue weighted by atomic mass is 9.91. The minimum atomic E-state index is -0.264. The van der Waals surface area contributed by atoms with Crippen molar-refractivity contribution >= 4 is 5.78 Å². The predicted octanol–water partition coefficient (Wildman–Crippen LogP) is 2.34. The average molecular weight is 138 g/mol. The van der Waals surface area contributed by atoms with Crippen molar-refractivity contribution < 1.29 is 4.79 Å². The van der Waals surface area contributed by atoms with E-state index >= 15 is 0 Å². The van der Waals surface area contributed by atoms with E-state index in [2.05, 4.69) is 6.58 Å². The van der Waals surface area contributed by atoms with E-state index in [4.69, 9.17) is 0 Å². The Kier molecular flexibility index (Phi) is 3.07. The van der Waals surface area contributed by atoms with Gasteiger partial charge in [-0.2, -0.15) is 0 Å². The van der Waals surface area contributed by atoms with Gasteiger partial charge in [-0.15, -0.1) is 0 Å². The summed E-state index contributed by atoms with van der Waals surface area (Å²) in [6.07, 6.45) is 4.81. The van der Waals surface area contributed by atoms with Crippen molar-refractivity contribution in [3.8, 4) is 0 Å². The van der Waals surface area contributed by atoms with Gasteiger partial charge in [0.2, 0.25) is 0 Å². The van der Waals surface area contributed by atoms with Crippen molar-refractivity contribution in [2.24, 2.45) is 5.41 Å². The summed E-state index contributed by atoms with van der Waals surface area (Å²) >= 11 is 0. The molecule has 56 valence electrons. The Morgan fingerprint density at radius 1 is 1.40 bits per heavy atom. The van der Waals surface area contributed by atoms with Crippen molar-refractivity contribution in [3.63, 3.8) is 0 Å². The van der Waals surface area contributed by atoms with Crippen LogP contribution < -0.4 is 0 Å². The molecule has 0 rings (SSSR count). The second-order valence-electron chi connectivity index (χ2n) is 3.21. The highest BCUT2D eigenvalue weighted by Crippen LogP contribution is 2.14. The van der Waals surface area contributed by atoms with Crippen LogP contribution in [-0.2, 0) is 4.79 Å². The van der Waals surface area contributed by atoms with Crippen LogP contribution in [0.5, 0.6) is 0 Å². The summed E-state index contributed by atoms with van der Waals surface area (Å²) in [4.78, 5) is 11.1. The van der Waals surface area contributed by atoms with E-state index in [9.17, 15) is 4.79 Å². The summed E-state index contributed by atoms with van der Waals surface area (Å²) in [5, 5.41) is 0.